The lowest BCUT2D eigenvalue weighted by Gasteiger charge is -2.36. The second-order valence-electron chi connectivity index (χ2n) is 4.93. The molecule has 1 heterocycles. The van der Waals surface area contributed by atoms with Gasteiger partial charge in [-0.2, -0.15) is 0 Å². The normalized spacial score (nSPS) is 16.6. The van der Waals surface area contributed by atoms with Crippen LogP contribution in [-0.2, 0) is 0 Å². The molecule has 0 N–H and O–H groups in total. The molecule has 1 aromatic rings. The summed E-state index contributed by atoms with van der Waals surface area (Å²) in [5, 5.41) is 0. The van der Waals surface area contributed by atoms with E-state index in [1.165, 1.54) is 18.7 Å². The van der Waals surface area contributed by atoms with Crippen LogP contribution in [0.4, 0.5) is 5.69 Å². The standard InChI is InChI=1S/C15H23ClN2O/c1-19-15-6-4-5-14(13-15)18-11-9-17(10-12-18)8-3-2-7-16/h4-6,13H,2-3,7-12H2,1H3. The van der Waals surface area contributed by atoms with Gasteiger partial charge in [0.15, 0.2) is 0 Å². The maximum atomic E-state index is 5.71. The van der Waals surface area contributed by atoms with Crippen molar-refractivity contribution in [3.63, 3.8) is 0 Å². The van der Waals surface area contributed by atoms with Crippen LogP contribution in [0, 0.1) is 0 Å². The SMILES string of the molecule is COc1cccc(N2CCN(CCCCCl)CC2)c1. The van der Waals surface area contributed by atoms with Crippen LogP contribution in [-0.4, -0.2) is 50.6 Å². The summed E-state index contributed by atoms with van der Waals surface area (Å²) in [7, 11) is 1.72. The Hall–Kier alpha value is -0.930. The Morgan fingerprint density at radius 2 is 1.95 bits per heavy atom. The molecule has 106 valence electrons. The van der Waals surface area contributed by atoms with Crippen LogP contribution in [0.25, 0.3) is 0 Å². The van der Waals surface area contributed by atoms with Crippen LogP contribution in [0.3, 0.4) is 0 Å². The van der Waals surface area contributed by atoms with Crippen molar-refractivity contribution in [3.8, 4) is 5.75 Å². The Morgan fingerprint density at radius 1 is 1.16 bits per heavy atom. The molecule has 0 radical (unpaired) electrons. The van der Waals surface area contributed by atoms with Crippen LogP contribution in [0.15, 0.2) is 24.3 Å². The lowest BCUT2D eigenvalue weighted by molar-refractivity contribution is 0.254. The van der Waals surface area contributed by atoms with E-state index < -0.39 is 0 Å². The van der Waals surface area contributed by atoms with E-state index in [0.29, 0.717) is 0 Å². The van der Waals surface area contributed by atoms with Gasteiger partial charge in [-0.15, -0.1) is 11.6 Å². The Morgan fingerprint density at radius 3 is 2.63 bits per heavy atom. The highest BCUT2D eigenvalue weighted by molar-refractivity contribution is 6.17. The maximum Gasteiger partial charge on any atom is 0.120 e. The van der Waals surface area contributed by atoms with Crippen LogP contribution < -0.4 is 9.64 Å². The number of anilines is 1. The summed E-state index contributed by atoms with van der Waals surface area (Å²) >= 11 is 5.71. The van der Waals surface area contributed by atoms with Gasteiger partial charge in [-0.3, -0.25) is 4.90 Å². The summed E-state index contributed by atoms with van der Waals surface area (Å²) in [4.78, 5) is 4.96. The summed E-state index contributed by atoms with van der Waals surface area (Å²) < 4.78 is 5.28. The van der Waals surface area contributed by atoms with Crippen molar-refractivity contribution in [2.24, 2.45) is 0 Å². The molecule has 1 aliphatic heterocycles. The quantitative estimate of drug-likeness (QED) is 0.589. The molecule has 19 heavy (non-hydrogen) atoms. The molecular weight excluding hydrogens is 260 g/mol. The molecule has 0 saturated carbocycles. The van der Waals surface area contributed by atoms with Crippen LogP contribution >= 0.6 is 11.6 Å². The highest BCUT2D eigenvalue weighted by atomic mass is 35.5. The van der Waals surface area contributed by atoms with E-state index >= 15 is 0 Å². The molecule has 0 spiro atoms. The first-order chi connectivity index (χ1) is 9.33. The zero-order valence-electron chi connectivity index (χ0n) is 11.6. The summed E-state index contributed by atoms with van der Waals surface area (Å²) in [6, 6.07) is 8.32. The molecule has 4 heteroatoms. The van der Waals surface area contributed by atoms with Gasteiger partial charge in [0.2, 0.25) is 0 Å². The Labute approximate surface area is 121 Å². The van der Waals surface area contributed by atoms with E-state index in [9.17, 15) is 0 Å². The Bertz CT molecular complexity index is 378. The van der Waals surface area contributed by atoms with Gasteiger partial charge < -0.3 is 9.64 Å². The molecular formula is C15H23ClN2O. The van der Waals surface area contributed by atoms with Crippen LogP contribution in [0.1, 0.15) is 12.8 Å². The van der Waals surface area contributed by atoms with Gasteiger partial charge in [-0.05, 0) is 31.5 Å². The minimum atomic E-state index is 0.782. The summed E-state index contributed by atoms with van der Waals surface area (Å²) in [6.07, 6.45) is 2.33. The van der Waals surface area contributed by atoms with E-state index in [1.54, 1.807) is 7.11 Å². The number of rotatable bonds is 6. The van der Waals surface area contributed by atoms with Crippen molar-refractivity contribution in [1.29, 1.82) is 0 Å². The van der Waals surface area contributed by atoms with Gasteiger partial charge in [-0.25, -0.2) is 0 Å². The van der Waals surface area contributed by atoms with Crippen molar-refractivity contribution in [2.75, 3.05) is 50.6 Å². The lowest BCUT2D eigenvalue weighted by atomic mass is 10.2. The molecule has 0 unspecified atom stereocenters. The fourth-order valence-corrected chi connectivity index (χ4v) is 2.66. The minimum Gasteiger partial charge on any atom is -0.497 e. The topological polar surface area (TPSA) is 15.7 Å². The second-order valence-corrected chi connectivity index (χ2v) is 5.30. The summed E-state index contributed by atoms with van der Waals surface area (Å²) in [5.74, 6) is 1.71. The summed E-state index contributed by atoms with van der Waals surface area (Å²) in [6.45, 7) is 5.64. The third-order valence-corrected chi connectivity index (χ3v) is 3.92. The largest absolute Gasteiger partial charge is 0.497 e. The zero-order valence-corrected chi connectivity index (χ0v) is 12.4. The number of nitrogens with zero attached hydrogens (tertiary/aromatic N) is 2. The highest BCUT2D eigenvalue weighted by Crippen LogP contribution is 2.22. The number of hydrogen-bond donors (Lipinski definition) is 0. The number of hydrogen-bond acceptors (Lipinski definition) is 3. The molecule has 1 fully saturated rings. The van der Waals surface area contributed by atoms with Crippen molar-refractivity contribution < 1.29 is 4.74 Å². The van der Waals surface area contributed by atoms with E-state index in [2.05, 4.69) is 28.0 Å². The maximum absolute atomic E-state index is 5.71. The Balaban J connectivity index is 1.82. The first kappa shape index (κ1) is 14.5. The monoisotopic (exact) mass is 282 g/mol. The third-order valence-electron chi connectivity index (χ3n) is 3.65. The van der Waals surface area contributed by atoms with Gasteiger partial charge in [0.05, 0.1) is 7.11 Å². The number of benzene rings is 1. The molecule has 1 aromatic carbocycles. The molecule has 3 nitrogen and oxygen atoms in total. The van der Waals surface area contributed by atoms with Crippen LogP contribution in [0.2, 0.25) is 0 Å². The van der Waals surface area contributed by atoms with Crippen molar-refractivity contribution in [3.05, 3.63) is 24.3 Å². The molecule has 0 aromatic heterocycles. The van der Waals surface area contributed by atoms with Crippen molar-refractivity contribution in [1.82, 2.24) is 4.90 Å². The molecule has 0 atom stereocenters. The van der Waals surface area contributed by atoms with Gasteiger partial charge in [0, 0.05) is 43.8 Å². The average molecular weight is 283 g/mol. The van der Waals surface area contributed by atoms with Gasteiger partial charge in [0.1, 0.15) is 5.75 Å². The predicted molar refractivity (Wildman–Crippen MR) is 81.6 cm³/mol. The fraction of sp³-hybridized carbons (Fsp3) is 0.600. The molecule has 0 amide bonds. The lowest BCUT2D eigenvalue weighted by Crippen LogP contribution is -2.46. The number of methoxy groups -OCH3 is 1. The number of ether oxygens (including phenoxy) is 1. The van der Waals surface area contributed by atoms with Crippen molar-refractivity contribution in [2.45, 2.75) is 12.8 Å². The molecule has 0 bridgehead atoms. The summed E-state index contributed by atoms with van der Waals surface area (Å²) in [5.41, 5.74) is 1.26. The molecule has 2 rings (SSSR count). The first-order valence-electron chi connectivity index (χ1n) is 7.01. The van der Waals surface area contributed by atoms with Gasteiger partial charge in [0.25, 0.3) is 0 Å². The van der Waals surface area contributed by atoms with Crippen LogP contribution in [0.5, 0.6) is 5.75 Å². The smallest absolute Gasteiger partial charge is 0.120 e. The molecule has 1 aliphatic rings. The number of piperazine rings is 1. The molecule has 1 saturated heterocycles. The Kier molecular flexibility index (Phi) is 5.80. The fourth-order valence-electron chi connectivity index (χ4n) is 2.47. The van der Waals surface area contributed by atoms with E-state index in [4.69, 9.17) is 16.3 Å². The van der Waals surface area contributed by atoms with Crippen molar-refractivity contribution >= 4 is 17.3 Å². The number of alkyl halides is 1. The van der Waals surface area contributed by atoms with Gasteiger partial charge >= 0.3 is 0 Å². The molecule has 0 aliphatic carbocycles. The minimum absolute atomic E-state index is 0.782. The second kappa shape index (κ2) is 7.61. The first-order valence-corrected chi connectivity index (χ1v) is 7.54. The average Bonchev–Trinajstić information content (AvgIpc) is 2.48. The third kappa shape index (κ3) is 4.29. The number of unbranched alkanes of at least 4 members (excludes halogenated alkanes) is 1. The van der Waals surface area contributed by atoms with E-state index in [1.807, 2.05) is 6.07 Å². The predicted octanol–water partition coefficient (Wildman–Crippen LogP) is 2.84. The van der Waals surface area contributed by atoms with E-state index in [0.717, 1.165) is 44.2 Å². The zero-order chi connectivity index (χ0) is 13.5. The van der Waals surface area contributed by atoms with E-state index in [-0.39, 0.29) is 0 Å². The van der Waals surface area contributed by atoms with Gasteiger partial charge in [-0.1, -0.05) is 6.07 Å². The number of halogens is 1. The highest BCUT2D eigenvalue weighted by Gasteiger charge is 2.16.